The maximum Gasteiger partial charge on any atom is 0.253 e. The summed E-state index contributed by atoms with van der Waals surface area (Å²) in [5.41, 5.74) is 3.27. The van der Waals surface area contributed by atoms with Crippen molar-refractivity contribution in [2.24, 2.45) is 12.1 Å². The molecule has 1 atom stereocenters. The second kappa shape index (κ2) is 12.6. The summed E-state index contributed by atoms with van der Waals surface area (Å²) >= 11 is 2.86. The number of hydrogen-bond donors (Lipinski definition) is 1. The van der Waals surface area contributed by atoms with Crippen LogP contribution in [-0.2, 0) is 18.4 Å². The van der Waals surface area contributed by atoms with E-state index in [2.05, 4.69) is 15.5 Å². The van der Waals surface area contributed by atoms with Crippen LogP contribution in [0, 0.1) is 6.92 Å². The molecule has 0 fully saturated rings. The fourth-order valence-corrected chi connectivity index (χ4v) is 6.12. The first-order valence-corrected chi connectivity index (χ1v) is 14.8. The zero-order chi connectivity index (χ0) is 28.9. The highest BCUT2D eigenvalue weighted by Crippen LogP contribution is 2.42. The molecule has 2 aromatic heterocycles. The van der Waals surface area contributed by atoms with Crippen LogP contribution in [0.25, 0.3) is 0 Å². The highest BCUT2D eigenvalue weighted by molar-refractivity contribution is 7.99. The summed E-state index contributed by atoms with van der Waals surface area (Å²) in [6, 6.07) is 16.7. The predicted molar refractivity (Wildman–Crippen MR) is 159 cm³/mol. The van der Waals surface area contributed by atoms with E-state index >= 15 is 0 Å². The van der Waals surface area contributed by atoms with Crippen molar-refractivity contribution >= 4 is 40.6 Å². The van der Waals surface area contributed by atoms with Crippen molar-refractivity contribution in [2.75, 3.05) is 20.0 Å². The van der Waals surface area contributed by atoms with Crippen molar-refractivity contribution in [1.29, 1.82) is 0 Å². The Morgan fingerprint density at radius 2 is 1.93 bits per heavy atom. The Hall–Kier alpha value is -4.16. The molecule has 0 bridgehead atoms. The third kappa shape index (κ3) is 6.13. The number of carbonyl (C=O) groups excluding carboxylic acids is 2. The number of nitrogens with one attached hydrogen (secondary N) is 1. The first-order valence-electron chi connectivity index (χ1n) is 12.9. The highest BCUT2D eigenvalue weighted by Gasteiger charge is 2.36. The van der Waals surface area contributed by atoms with Gasteiger partial charge in [0.2, 0.25) is 0 Å². The molecule has 1 aliphatic rings. The average Bonchev–Trinajstić information content (AvgIpc) is 3.75. The molecule has 1 N–H and O–H groups in total. The lowest BCUT2D eigenvalue weighted by molar-refractivity contribution is -0.130. The van der Waals surface area contributed by atoms with Crippen molar-refractivity contribution < 1.29 is 19.1 Å². The van der Waals surface area contributed by atoms with Crippen LogP contribution in [-0.4, -0.2) is 57.3 Å². The first-order chi connectivity index (χ1) is 19.9. The summed E-state index contributed by atoms with van der Waals surface area (Å²) in [6.07, 6.45) is 0.551. The molecular weight excluding hydrogens is 560 g/mol. The molecule has 10 nitrogen and oxygen atoms in total. The maximum absolute atomic E-state index is 13.6. The predicted octanol–water partition coefficient (Wildman–Crippen LogP) is 4.60. The second-order valence-electron chi connectivity index (χ2n) is 9.36. The number of hydrazone groups is 1. The molecule has 0 spiro atoms. The van der Waals surface area contributed by atoms with Crippen LogP contribution < -0.4 is 14.8 Å². The molecule has 0 aliphatic carbocycles. The number of rotatable bonds is 10. The number of para-hydroxylation sites is 1. The van der Waals surface area contributed by atoms with Crippen molar-refractivity contribution in [2.45, 2.75) is 31.1 Å². The molecular formula is C29H30N6O4S2. The molecule has 0 radical (unpaired) electrons. The van der Waals surface area contributed by atoms with Gasteiger partial charge in [-0.25, -0.2) is 5.01 Å². The van der Waals surface area contributed by atoms with E-state index in [1.54, 1.807) is 41.2 Å². The van der Waals surface area contributed by atoms with Gasteiger partial charge in [-0.15, -0.1) is 21.5 Å². The number of ether oxygens (including phenoxy) is 2. The molecule has 41 heavy (non-hydrogen) atoms. The van der Waals surface area contributed by atoms with E-state index in [0.29, 0.717) is 34.5 Å². The first kappa shape index (κ1) is 28.4. The molecule has 5 rings (SSSR count). The van der Waals surface area contributed by atoms with Gasteiger partial charge in [-0.1, -0.05) is 47.7 Å². The summed E-state index contributed by atoms with van der Waals surface area (Å²) in [5.74, 6) is 1.50. The Labute approximate surface area is 246 Å². The zero-order valence-electron chi connectivity index (χ0n) is 23.2. The number of amides is 2. The van der Waals surface area contributed by atoms with E-state index in [1.807, 2.05) is 67.9 Å². The largest absolute Gasteiger partial charge is 0.493 e. The Kier molecular flexibility index (Phi) is 8.70. The lowest BCUT2D eigenvalue weighted by Crippen LogP contribution is -2.29. The van der Waals surface area contributed by atoms with Gasteiger partial charge in [0.25, 0.3) is 11.8 Å². The fraction of sp³-hybridized carbons (Fsp3) is 0.276. The molecule has 0 saturated heterocycles. The summed E-state index contributed by atoms with van der Waals surface area (Å²) in [7, 11) is 4.99. The third-order valence-corrected chi connectivity index (χ3v) is 8.62. The number of carbonyl (C=O) groups is 2. The number of thiophene rings is 1. The van der Waals surface area contributed by atoms with Crippen molar-refractivity contribution in [3.63, 3.8) is 0 Å². The Balaban J connectivity index is 1.29. The molecule has 0 saturated carbocycles. The van der Waals surface area contributed by atoms with Crippen LogP contribution >= 0.6 is 23.1 Å². The van der Waals surface area contributed by atoms with Gasteiger partial charge >= 0.3 is 0 Å². The Morgan fingerprint density at radius 1 is 1.10 bits per heavy atom. The summed E-state index contributed by atoms with van der Waals surface area (Å²) in [4.78, 5) is 27.2. The lowest BCUT2D eigenvalue weighted by Gasteiger charge is -2.24. The monoisotopic (exact) mass is 590 g/mol. The number of methoxy groups -OCH3 is 2. The maximum atomic E-state index is 13.6. The number of hydrogen-bond acceptors (Lipinski definition) is 9. The lowest BCUT2D eigenvalue weighted by atomic mass is 9.99. The van der Waals surface area contributed by atoms with Crippen molar-refractivity contribution in [3.05, 3.63) is 87.4 Å². The summed E-state index contributed by atoms with van der Waals surface area (Å²) in [6.45, 7) is 2.15. The highest BCUT2D eigenvalue weighted by atomic mass is 32.2. The third-order valence-electron chi connectivity index (χ3n) is 6.70. The van der Waals surface area contributed by atoms with Crippen molar-refractivity contribution in [1.82, 2.24) is 25.1 Å². The van der Waals surface area contributed by atoms with Crippen LogP contribution in [0.2, 0.25) is 0 Å². The number of benzene rings is 2. The Bertz CT molecular complexity index is 1580. The van der Waals surface area contributed by atoms with Crippen molar-refractivity contribution in [3.8, 4) is 11.5 Å². The molecule has 212 valence electrons. The van der Waals surface area contributed by atoms with E-state index in [0.717, 1.165) is 21.7 Å². The minimum Gasteiger partial charge on any atom is -0.493 e. The van der Waals surface area contributed by atoms with E-state index in [-0.39, 0.29) is 30.2 Å². The molecule has 2 amide bonds. The minimum absolute atomic E-state index is 0.103. The van der Waals surface area contributed by atoms with Gasteiger partial charge in [0.1, 0.15) is 0 Å². The molecule has 2 aromatic carbocycles. The van der Waals surface area contributed by atoms with Gasteiger partial charge in [0.15, 0.2) is 22.5 Å². The van der Waals surface area contributed by atoms with Crippen LogP contribution in [0.5, 0.6) is 11.5 Å². The van der Waals surface area contributed by atoms with Crippen LogP contribution in [0.3, 0.4) is 0 Å². The topological polar surface area (TPSA) is 111 Å². The zero-order valence-corrected chi connectivity index (χ0v) is 24.8. The minimum atomic E-state index is -0.350. The standard InChI is InChI=1S/C29H30N6O4S2/c1-18-8-5-9-19(14-18)28(37)30-16-25-31-32-29(34(25)2)41-17-26(36)35-22(15-21(33-35)24-12-7-13-40-24)20-10-6-11-23(38-3)27(20)39-4/h5-14,22H,15-17H2,1-4H3,(H,30,37). The molecule has 3 heterocycles. The van der Waals surface area contributed by atoms with Gasteiger partial charge in [0, 0.05) is 24.6 Å². The van der Waals surface area contributed by atoms with Crippen LogP contribution in [0.4, 0.5) is 0 Å². The molecule has 4 aromatic rings. The van der Waals surface area contributed by atoms with Gasteiger partial charge in [-0.2, -0.15) is 5.10 Å². The average molecular weight is 591 g/mol. The van der Waals surface area contributed by atoms with Crippen LogP contribution in [0.15, 0.2) is 70.2 Å². The number of thioether (sulfide) groups is 1. The quantitative estimate of drug-likeness (QED) is 0.269. The molecule has 1 aliphatic heterocycles. The van der Waals surface area contributed by atoms with Crippen LogP contribution in [0.1, 0.15) is 44.6 Å². The number of aryl methyl sites for hydroxylation is 1. The Morgan fingerprint density at radius 3 is 2.66 bits per heavy atom. The van der Waals surface area contributed by atoms with E-state index in [1.165, 1.54) is 11.8 Å². The smallest absolute Gasteiger partial charge is 0.253 e. The normalized spacial score (nSPS) is 14.6. The van der Waals surface area contributed by atoms with E-state index in [9.17, 15) is 9.59 Å². The number of aromatic nitrogens is 3. The second-order valence-corrected chi connectivity index (χ2v) is 11.3. The van der Waals surface area contributed by atoms with Gasteiger partial charge in [-0.05, 0) is 36.6 Å². The van der Waals surface area contributed by atoms with Gasteiger partial charge < -0.3 is 19.4 Å². The van der Waals surface area contributed by atoms with Gasteiger partial charge in [0.05, 0.1) is 43.1 Å². The SMILES string of the molecule is COc1cccc(C2CC(c3cccs3)=NN2C(=O)CSc2nnc(CNC(=O)c3cccc(C)c3)n2C)c1OC. The summed E-state index contributed by atoms with van der Waals surface area (Å²) < 4.78 is 13.0. The summed E-state index contributed by atoms with van der Waals surface area (Å²) in [5, 5.41) is 20.2. The number of nitrogens with zero attached hydrogens (tertiary/aromatic N) is 5. The fourth-order valence-electron chi connectivity index (χ4n) is 4.61. The molecule has 1 unspecified atom stereocenters. The molecule has 12 heteroatoms. The van der Waals surface area contributed by atoms with E-state index < -0.39 is 0 Å². The van der Waals surface area contributed by atoms with E-state index in [4.69, 9.17) is 14.6 Å². The van der Waals surface area contributed by atoms with Gasteiger partial charge in [-0.3, -0.25) is 9.59 Å².